The average molecular weight is 540 g/mol. The van der Waals surface area contributed by atoms with E-state index in [9.17, 15) is 19.2 Å². The number of nitrogens with zero attached hydrogens (tertiary/aromatic N) is 4. The topological polar surface area (TPSA) is 205 Å². The Morgan fingerprint density at radius 2 is 1.58 bits per heavy atom. The lowest BCUT2D eigenvalue weighted by molar-refractivity contribution is -0.383. The van der Waals surface area contributed by atoms with Gasteiger partial charge in [0, 0.05) is 23.7 Å². The van der Waals surface area contributed by atoms with Crippen molar-refractivity contribution in [3.63, 3.8) is 0 Å². The van der Waals surface area contributed by atoms with E-state index in [4.69, 9.17) is 24.3 Å². The highest BCUT2D eigenvalue weighted by molar-refractivity contribution is 7.51. The Bertz CT molecular complexity index is 1310. The molecule has 0 saturated carbocycles. The van der Waals surface area contributed by atoms with Crippen LogP contribution in [0.25, 0.3) is 10.8 Å². The smallest absolute Gasteiger partial charge is 0.349 e. The molecule has 0 aliphatic heterocycles. The molecule has 0 amide bonds. The number of rotatable bonds is 12. The van der Waals surface area contributed by atoms with Gasteiger partial charge in [-0.05, 0) is 36.4 Å². The van der Waals surface area contributed by atoms with Crippen LogP contribution in [0.15, 0.2) is 70.9 Å². The van der Waals surface area contributed by atoms with E-state index in [1.54, 1.807) is 48.5 Å². The number of hydrogen-bond acceptors (Lipinski definition) is 9. The van der Waals surface area contributed by atoms with Crippen molar-refractivity contribution in [1.82, 2.24) is 0 Å². The molecular formula is C20H22N4O10P2. The summed E-state index contributed by atoms with van der Waals surface area (Å²) in [7, 11) is -9.10. The van der Waals surface area contributed by atoms with E-state index in [0.29, 0.717) is 27.8 Å². The third-order valence-electron chi connectivity index (χ3n) is 4.69. The first-order chi connectivity index (χ1) is 16.9. The van der Waals surface area contributed by atoms with E-state index in [1.807, 2.05) is 0 Å². The van der Waals surface area contributed by atoms with Gasteiger partial charge in [0.25, 0.3) is 5.69 Å². The van der Waals surface area contributed by atoms with Crippen LogP contribution in [0.2, 0.25) is 0 Å². The monoisotopic (exact) mass is 540 g/mol. The van der Waals surface area contributed by atoms with Crippen LogP contribution in [0.1, 0.15) is 0 Å². The third kappa shape index (κ3) is 8.26. The minimum absolute atomic E-state index is 0.0438. The number of anilines is 1. The van der Waals surface area contributed by atoms with Crippen LogP contribution >= 0.6 is 15.4 Å². The maximum absolute atomic E-state index is 11.3. The minimum atomic E-state index is -4.70. The lowest BCUT2D eigenvalue weighted by Gasteiger charge is -2.24. The lowest BCUT2D eigenvalue weighted by atomic mass is 10.1. The highest BCUT2D eigenvalue weighted by atomic mass is 31.2. The van der Waals surface area contributed by atoms with E-state index < -0.39 is 26.7 Å². The molecule has 36 heavy (non-hydrogen) atoms. The number of hydrogen-bond donors (Lipinski definition) is 4. The highest BCUT2D eigenvalue weighted by Crippen LogP contribution is 2.37. The molecule has 0 radical (unpaired) electrons. The van der Waals surface area contributed by atoms with E-state index >= 15 is 0 Å². The number of phosphoric acid groups is 1. The fourth-order valence-electron chi connectivity index (χ4n) is 3.16. The SMILES string of the molecule is O=[N+]([O-])c1ccc(N=Nc2ccc(N(CCOP(=O)(O)O)COCP(=O)(O)O)cc2)c2ccccc12. The molecule has 0 fully saturated rings. The maximum Gasteiger partial charge on any atom is 0.469 e. The number of nitro benzene ring substituents is 1. The summed E-state index contributed by atoms with van der Waals surface area (Å²) >= 11 is 0. The van der Waals surface area contributed by atoms with Crippen molar-refractivity contribution >= 4 is 48.9 Å². The summed E-state index contributed by atoms with van der Waals surface area (Å²) in [6, 6.07) is 16.0. The van der Waals surface area contributed by atoms with Crippen LogP contribution in [-0.4, -0.2) is 50.7 Å². The fraction of sp³-hybridized carbons (Fsp3) is 0.200. The van der Waals surface area contributed by atoms with Crippen LogP contribution in [0, 0.1) is 10.1 Å². The molecule has 192 valence electrons. The van der Waals surface area contributed by atoms with E-state index in [1.165, 1.54) is 17.0 Å². The second-order valence-corrected chi connectivity index (χ2v) is 10.2. The third-order valence-corrected chi connectivity index (χ3v) is 5.73. The second kappa shape index (κ2) is 11.8. The molecule has 0 atom stereocenters. The van der Waals surface area contributed by atoms with Gasteiger partial charge in [0.1, 0.15) is 6.73 Å². The Balaban J connectivity index is 1.77. The van der Waals surface area contributed by atoms with Gasteiger partial charge in [-0.25, -0.2) is 4.57 Å². The van der Waals surface area contributed by atoms with Gasteiger partial charge in [0.05, 0.1) is 28.3 Å². The van der Waals surface area contributed by atoms with E-state index in [2.05, 4.69) is 14.8 Å². The number of benzene rings is 3. The summed E-state index contributed by atoms with van der Waals surface area (Å²) < 4.78 is 31.4. The van der Waals surface area contributed by atoms with Crippen molar-refractivity contribution in [3.8, 4) is 0 Å². The molecule has 3 rings (SSSR count). The van der Waals surface area contributed by atoms with E-state index in [-0.39, 0.29) is 25.6 Å². The summed E-state index contributed by atoms with van der Waals surface area (Å²) in [4.78, 5) is 47.9. The Morgan fingerprint density at radius 1 is 0.917 bits per heavy atom. The van der Waals surface area contributed by atoms with Crippen molar-refractivity contribution < 1.29 is 42.9 Å². The second-order valence-electron chi connectivity index (χ2n) is 7.34. The molecular weight excluding hydrogens is 518 g/mol. The van der Waals surface area contributed by atoms with Crippen molar-refractivity contribution in [2.24, 2.45) is 10.2 Å². The first-order valence-corrected chi connectivity index (χ1v) is 13.5. The predicted molar refractivity (Wildman–Crippen MR) is 129 cm³/mol. The van der Waals surface area contributed by atoms with Crippen LogP contribution < -0.4 is 4.90 Å². The molecule has 0 saturated heterocycles. The Kier molecular flexibility index (Phi) is 9.01. The number of azo groups is 1. The van der Waals surface area contributed by atoms with Gasteiger partial charge in [0.2, 0.25) is 0 Å². The van der Waals surface area contributed by atoms with Crippen molar-refractivity contribution in [2.45, 2.75) is 0 Å². The number of non-ortho nitro benzene ring substituents is 1. The lowest BCUT2D eigenvalue weighted by Crippen LogP contribution is -2.30. The van der Waals surface area contributed by atoms with Gasteiger partial charge in [0.15, 0.2) is 6.35 Å². The summed E-state index contributed by atoms with van der Waals surface area (Å²) in [5.41, 5.74) is 1.32. The van der Waals surface area contributed by atoms with Gasteiger partial charge < -0.3 is 29.2 Å². The van der Waals surface area contributed by atoms with Gasteiger partial charge in [-0.15, -0.1) is 5.11 Å². The standard InChI is InChI=1S/C20H22N4O10P2/c25-24(26)20-10-9-19(17-3-1-2-4-18(17)20)22-21-15-5-7-16(8-6-15)23(11-12-34-36(30,31)32)13-33-14-35(27,28)29/h1-10H,11-14H2,(H2,27,28,29)(H2,30,31,32). The summed E-state index contributed by atoms with van der Waals surface area (Å²) in [5, 5.41) is 20.6. The van der Waals surface area contributed by atoms with Crippen LogP contribution in [0.5, 0.6) is 0 Å². The quantitative estimate of drug-likeness (QED) is 0.0842. The zero-order valence-corrected chi connectivity index (χ0v) is 20.3. The number of phosphoric ester groups is 1. The summed E-state index contributed by atoms with van der Waals surface area (Å²) in [6.07, 6.45) is -0.835. The van der Waals surface area contributed by atoms with E-state index in [0.717, 1.165) is 0 Å². The fourth-order valence-corrected chi connectivity index (χ4v) is 3.80. The van der Waals surface area contributed by atoms with Gasteiger partial charge >= 0.3 is 15.4 Å². The molecule has 0 aliphatic carbocycles. The summed E-state index contributed by atoms with van der Waals surface area (Å²) in [5.74, 6) is 0. The Hall–Kier alpha value is -3.06. The number of nitro groups is 1. The molecule has 0 spiro atoms. The largest absolute Gasteiger partial charge is 0.469 e. The minimum Gasteiger partial charge on any atom is -0.349 e. The Labute approximate surface area is 204 Å². The molecule has 16 heteroatoms. The van der Waals surface area contributed by atoms with Gasteiger partial charge in [-0.2, -0.15) is 5.11 Å². The molecule has 3 aromatic rings. The molecule has 0 heterocycles. The average Bonchev–Trinajstić information content (AvgIpc) is 2.80. The normalized spacial score (nSPS) is 12.3. The first-order valence-electron chi connectivity index (χ1n) is 10.2. The number of fused-ring (bicyclic) bond motifs is 1. The van der Waals surface area contributed by atoms with Crippen LogP contribution in [0.3, 0.4) is 0 Å². The number of ether oxygens (including phenoxy) is 1. The molecule has 14 nitrogen and oxygen atoms in total. The van der Waals surface area contributed by atoms with Crippen molar-refractivity contribution in [3.05, 3.63) is 70.8 Å². The molecule has 0 aromatic heterocycles. The zero-order chi connectivity index (χ0) is 26.3. The van der Waals surface area contributed by atoms with Crippen LogP contribution in [-0.2, 0) is 18.4 Å². The van der Waals surface area contributed by atoms with Gasteiger partial charge in [-0.1, -0.05) is 18.2 Å². The van der Waals surface area contributed by atoms with Gasteiger partial charge in [-0.3, -0.25) is 19.2 Å². The highest BCUT2D eigenvalue weighted by Gasteiger charge is 2.18. The van der Waals surface area contributed by atoms with Crippen LogP contribution in [0.4, 0.5) is 22.7 Å². The first kappa shape index (κ1) is 27.5. The molecule has 4 N–H and O–H groups in total. The van der Waals surface area contributed by atoms with Crippen molar-refractivity contribution in [2.75, 3.05) is 31.1 Å². The molecule has 0 unspecified atom stereocenters. The molecule has 0 bridgehead atoms. The maximum atomic E-state index is 11.3. The molecule has 3 aromatic carbocycles. The van der Waals surface area contributed by atoms with Crippen molar-refractivity contribution in [1.29, 1.82) is 0 Å². The Morgan fingerprint density at radius 3 is 2.19 bits per heavy atom. The summed E-state index contributed by atoms with van der Waals surface area (Å²) in [6.45, 7) is -0.717. The molecule has 0 aliphatic rings. The predicted octanol–water partition coefficient (Wildman–Crippen LogP) is 4.19. The zero-order valence-electron chi connectivity index (χ0n) is 18.5.